The predicted molar refractivity (Wildman–Crippen MR) is 123 cm³/mol. The molecule has 2 heterocycles. The zero-order chi connectivity index (χ0) is 22.4. The molecule has 32 heavy (non-hydrogen) atoms. The summed E-state index contributed by atoms with van der Waals surface area (Å²) in [5, 5.41) is 7.37. The highest BCUT2D eigenvalue weighted by Crippen LogP contribution is 2.27. The van der Waals surface area contributed by atoms with Gasteiger partial charge in [0.15, 0.2) is 0 Å². The Hall–Kier alpha value is -2.79. The average Bonchev–Trinajstić information content (AvgIpc) is 2.81. The molecule has 1 fully saturated rings. The molecule has 170 valence electrons. The Bertz CT molecular complexity index is 1150. The number of hydrogen-bond donors (Lipinski definition) is 3. The maximum Gasteiger partial charge on any atom is 0.240 e. The smallest absolute Gasteiger partial charge is 0.240 e. The Morgan fingerprint density at radius 2 is 1.91 bits per heavy atom. The van der Waals surface area contributed by atoms with Crippen LogP contribution in [0.4, 0.5) is 11.6 Å². The number of fused-ring (bicyclic) bond motifs is 1. The molecule has 4 rings (SSSR count). The van der Waals surface area contributed by atoms with Gasteiger partial charge in [-0.15, -0.1) is 0 Å². The quantitative estimate of drug-likeness (QED) is 0.420. The second kappa shape index (κ2) is 10.2. The number of para-hydroxylation sites is 1. The first kappa shape index (κ1) is 22.4. The van der Waals surface area contributed by atoms with E-state index in [1.807, 2.05) is 18.2 Å². The van der Waals surface area contributed by atoms with E-state index in [1.165, 1.54) is 19.2 Å². The number of nitrogens with zero attached hydrogens (tertiary/aromatic N) is 2. The Balaban J connectivity index is 1.49. The fraction of sp³-hybridized carbons (Fsp3) is 0.364. The molecular weight excluding hydrogens is 430 g/mol. The maximum absolute atomic E-state index is 12.3. The summed E-state index contributed by atoms with van der Waals surface area (Å²) in [5.74, 6) is 1.15. The third-order valence-electron chi connectivity index (χ3n) is 5.17. The second-order valence-corrected chi connectivity index (χ2v) is 9.26. The summed E-state index contributed by atoms with van der Waals surface area (Å²) in [7, 11) is -2.06. The Kier molecular flexibility index (Phi) is 7.15. The Morgan fingerprint density at radius 3 is 2.66 bits per heavy atom. The minimum absolute atomic E-state index is 0.167. The molecule has 0 spiro atoms. The lowest BCUT2D eigenvalue weighted by atomic mass is 10.1. The van der Waals surface area contributed by atoms with Crippen molar-refractivity contribution >= 4 is 32.6 Å². The van der Waals surface area contributed by atoms with Gasteiger partial charge in [-0.05, 0) is 56.3 Å². The average molecular weight is 458 g/mol. The number of methoxy groups -OCH3 is 1. The van der Waals surface area contributed by atoms with Gasteiger partial charge >= 0.3 is 0 Å². The lowest BCUT2D eigenvalue weighted by Crippen LogP contribution is -2.34. The molecule has 10 heteroatoms. The Labute approximate surface area is 187 Å². The number of ether oxygens (including phenoxy) is 2. The van der Waals surface area contributed by atoms with Gasteiger partial charge in [-0.2, -0.15) is 0 Å². The standard InChI is InChI=1S/C22H27N5O4S/c1-30-14-13-25-32(28,29)19-7-5-17(6-8-19)26-22-24-15-16-3-2-4-20(21(16)27-22)31-18-9-11-23-12-10-18/h2-8,15,18,23,25H,9-14H2,1H3,(H,24,26,27). The highest BCUT2D eigenvalue weighted by Gasteiger charge is 2.17. The lowest BCUT2D eigenvalue weighted by Gasteiger charge is -2.24. The highest BCUT2D eigenvalue weighted by molar-refractivity contribution is 7.89. The van der Waals surface area contributed by atoms with Crippen molar-refractivity contribution in [3.05, 3.63) is 48.7 Å². The number of benzene rings is 2. The van der Waals surface area contributed by atoms with Crippen molar-refractivity contribution in [3.63, 3.8) is 0 Å². The number of aromatic nitrogens is 2. The van der Waals surface area contributed by atoms with Crippen LogP contribution >= 0.6 is 0 Å². The molecule has 0 bridgehead atoms. The van der Waals surface area contributed by atoms with E-state index in [0.717, 1.165) is 42.6 Å². The van der Waals surface area contributed by atoms with Crippen molar-refractivity contribution in [2.75, 3.05) is 38.7 Å². The van der Waals surface area contributed by atoms with Gasteiger partial charge in [-0.25, -0.2) is 23.1 Å². The highest BCUT2D eigenvalue weighted by atomic mass is 32.2. The van der Waals surface area contributed by atoms with E-state index in [9.17, 15) is 8.42 Å². The number of anilines is 2. The second-order valence-electron chi connectivity index (χ2n) is 7.49. The van der Waals surface area contributed by atoms with Crippen LogP contribution in [0.5, 0.6) is 5.75 Å². The molecule has 1 aromatic heterocycles. The molecular formula is C22H27N5O4S. The van der Waals surface area contributed by atoms with Crippen LogP contribution in [-0.2, 0) is 14.8 Å². The van der Waals surface area contributed by atoms with Gasteiger partial charge in [-0.1, -0.05) is 12.1 Å². The van der Waals surface area contributed by atoms with E-state index < -0.39 is 10.0 Å². The van der Waals surface area contributed by atoms with Gasteiger partial charge in [0.25, 0.3) is 0 Å². The fourth-order valence-corrected chi connectivity index (χ4v) is 4.50. The van der Waals surface area contributed by atoms with Crippen molar-refractivity contribution in [1.82, 2.24) is 20.0 Å². The molecule has 1 aliphatic rings. The van der Waals surface area contributed by atoms with E-state index in [1.54, 1.807) is 18.3 Å². The summed E-state index contributed by atoms with van der Waals surface area (Å²) in [5.41, 5.74) is 1.42. The number of rotatable bonds is 9. The molecule has 1 aliphatic heterocycles. The minimum Gasteiger partial charge on any atom is -0.488 e. The third kappa shape index (κ3) is 5.52. The number of sulfonamides is 1. The number of nitrogens with one attached hydrogen (secondary N) is 3. The maximum atomic E-state index is 12.3. The van der Waals surface area contributed by atoms with Crippen LogP contribution in [0, 0.1) is 0 Å². The van der Waals surface area contributed by atoms with E-state index in [4.69, 9.17) is 9.47 Å². The first-order chi connectivity index (χ1) is 15.5. The summed E-state index contributed by atoms with van der Waals surface area (Å²) in [6.45, 7) is 2.42. The van der Waals surface area contributed by atoms with Crippen molar-refractivity contribution < 1.29 is 17.9 Å². The molecule has 3 aromatic rings. The van der Waals surface area contributed by atoms with Crippen LogP contribution in [0.15, 0.2) is 53.6 Å². The SMILES string of the molecule is COCCNS(=O)(=O)c1ccc(Nc2ncc3cccc(OC4CCNCC4)c3n2)cc1. The zero-order valence-corrected chi connectivity index (χ0v) is 18.7. The minimum atomic E-state index is -3.58. The van der Waals surface area contributed by atoms with Crippen molar-refractivity contribution in [2.45, 2.75) is 23.8 Å². The first-order valence-corrected chi connectivity index (χ1v) is 12.0. The normalized spacial score (nSPS) is 15.0. The monoisotopic (exact) mass is 457 g/mol. The number of hydrogen-bond acceptors (Lipinski definition) is 8. The third-order valence-corrected chi connectivity index (χ3v) is 6.65. The van der Waals surface area contributed by atoms with Crippen LogP contribution in [0.1, 0.15) is 12.8 Å². The van der Waals surface area contributed by atoms with E-state index >= 15 is 0 Å². The largest absolute Gasteiger partial charge is 0.488 e. The summed E-state index contributed by atoms with van der Waals surface area (Å²) in [4.78, 5) is 9.21. The van der Waals surface area contributed by atoms with Gasteiger partial charge in [0.05, 0.1) is 11.5 Å². The van der Waals surface area contributed by atoms with Gasteiger partial charge < -0.3 is 20.1 Å². The molecule has 0 aliphatic carbocycles. The van der Waals surface area contributed by atoms with Gasteiger partial charge in [0.1, 0.15) is 17.4 Å². The van der Waals surface area contributed by atoms with Crippen LogP contribution in [0.25, 0.3) is 10.9 Å². The van der Waals surface area contributed by atoms with Crippen LogP contribution in [0.3, 0.4) is 0 Å². The van der Waals surface area contributed by atoms with Gasteiger partial charge in [0, 0.05) is 30.9 Å². The molecule has 0 saturated carbocycles. The van der Waals surface area contributed by atoms with E-state index in [-0.39, 0.29) is 17.5 Å². The topological polar surface area (TPSA) is 114 Å². The lowest BCUT2D eigenvalue weighted by molar-refractivity contribution is 0.164. The molecule has 1 saturated heterocycles. The molecule has 3 N–H and O–H groups in total. The summed E-state index contributed by atoms with van der Waals surface area (Å²) in [6.07, 6.45) is 3.84. The van der Waals surface area contributed by atoms with Gasteiger partial charge in [-0.3, -0.25) is 0 Å². The van der Waals surface area contributed by atoms with E-state index in [0.29, 0.717) is 18.2 Å². The molecule has 0 amide bonds. The molecule has 0 unspecified atom stereocenters. The Morgan fingerprint density at radius 1 is 1.12 bits per heavy atom. The summed E-state index contributed by atoms with van der Waals surface area (Å²) < 4.78 is 38.2. The molecule has 0 atom stereocenters. The van der Waals surface area contributed by atoms with E-state index in [2.05, 4.69) is 25.3 Å². The van der Waals surface area contributed by atoms with Crippen LogP contribution in [0.2, 0.25) is 0 Å². The van der Waals surface area contributed by atoms with Crippen molar-refractivity contribution in [3.8, 4) is 5.75 Å². The molecule has 9 nitrogen and oxygen atoms in total. The summed E-state index contributed by atoms with van der Waals surface area (Å²) >= 11 is 0. The predicted octanol–water partition coefficient (Wildman–Crippen LogP) is 2.43. The van der Waals surface area contributed by atoms with Crippen LogP contribution < -0.4 is 20.1 Å². The first-order valence-electron chi connectivity index (χ1n) is 10.5. The van der Waals surface area contributed by atoms with Crippen molar-refractivity contribution in [2.24, 2.45) is 0 Å². The molecule has 2 aromatic carbocycles. The van der Waals surface area contributed by atoms with Crippen LogP contribution in [-0.4, -0.2) is 57.8 Å². The summed E-state index contributed by atoms with van der Waals surface area (Å²) in [6, 6.07) is 12.2. The fourth-order valence-electron chi connectivity index (χ4n) is 3.48. The zero-order valence-electron chi connectivity index (χ0n) is 17.9. The van der Waals surface area contributed by atoms with Crippen molar-refractivity contribution in [1.29, 1.82) is 0 Å². The number of piperidine rings is 1. The van der Waals surface area contributed by atoms with Gasteiger partial charge in [0.2, 0.25) is 16.0 Å². The molecule has 0 radical (unpaired) electrons.